The Bertz CT molecular complexity index is 936. The molecule has 0 saturated heterocycles. The maximum absolute atomic E-state index is 12.7. The van der Waals surface area contributed by atoms with Gasteiger partial charge in [-0.15, -0.1) is 0 Å². The Morgan fingerprint density at radius 1 is 1.31 bits per heavy atom. The zero-order chi connectivity index (χ0) is 18.8. The zero-order valence-electron chi connectivity index (χ0n) is 14.2. The lowest BCUT2D eigenvalue weighted by Gasteiger charge is -2.07. The predicted molar refractivity (Wildman–Crippen MR) is 99.5 cm³/mol. The topological polar surface area (TPSA) is 87.8 Å². The number of ether oxygens (including phenoxy) is 3. The standard InChI is InChI=1S/C19H16BrNO5/c1-10-5-13(25-9-17(21)22)8-15-18(10)19(23)16(26-15)7-11-6-12(20)3-4-14(11)24-2/h3-8H,9H2,1-2H3,(H2,21,22)/b16-7-. The highest BCUT2D eigenvalue weighted by atomic mass is 79.9. The van der Waals surface area contributed by atoms with Gasteiger partial charge in [0, 0.05) is 16.1 Å². The van der Waals surface area contributed by atoms with E-state index >= 15 is 0 Å². The summed E-state index contributed by atoms with van der Waals surface area (Å²) in [6.45, 7) is 1.53. The minimum Gasteiger partial charge on any atom is -0.496 e. The van der Waals surface area contributed by atoms with Gasteiger partial charge in [0.25, 0.3) is 5.91 Å². The number of amides is 1. The number of benzene rings is 2. The van der Waals surface area contributed by atoms with E-state index in [9.17, 15) is 9.59 Å². The molecule has 0 radical (unpaired) electrons. The summed E-state index contributed by atoms with van der Waals surface area (Å²) in [5, 5.41) is 0. The molecule has 0 unspecified atom stereocenters. The molecular weight excluding hydrogens is 402 g/mol. The monoisotopic (exact) mass is 417 g/mol. The molecule has 1 aliphatic rings. The van der Waals surface area contributed by atoms with Crippen molar-refractivity contribution in [1.29, 1.82) is 0 Å². The van der Waals surface area contributed by atoms with Crippen molar-refractivity contribution in [3.63, 3.8) is 0 Å². The molecule has 2 N–H and O–H groups in total. The Morgan fingerprint density at radius 3 is 2.77 bits per heavy atom. The van der Waals surface area contributed by atoms with Gasteiger partial charge in [0.15, 0.2) is 12.4 Å². The minimum absolute atomic E-state index is 0.187. The number of fused-ring (bicyclic) bond motifs is 1. The molecule has 26 heavy (non-hydrogen) atoms. The third-order valence-electron chi connectivity index (χ3n) is 3.80. The number of hydrogen-bond donors (Lipinski definition) is 1. The average Bonchev–Trinajstić information content (AvgIpc) is 2.89. The van der Waals surface area contributed by atoms with Crippen LogP contribution < -0.4 is 19.9 Å². The Labute approximate surface area is 158 Å². The largest absolute Gasteiger partial charge is 0.496 e. The summed E-state index contributed by atoms with van der Waals surface area (Å²) >= 11 is 3.40. The Hall–Kier alpha value is -2.80. The first-order valence-electron chi connectivity index (χ1n) is 7.72. The lowest BCUT2D eigenvalue weighted by Crippen LogP contribution is -2.20. The molecule has 134 valence electrons. The first-order valence-corrected chi connectivity index (χ1v) is 8.52. The smallest absolute Gasteiger partial charge is 0.255 e. The number of primary amides is 1. The van der Waals surface area contributed by atoms with E-state index in [-0.39, 0.29) is 18.1 Å². The Kier molecular flexibility index (Phi) is 4.99. The van der Waals surface area contributed by atoms with Crippen LogP contribution in [0.4, 0.5) is 0 Å². The van der Waals surface area contributed by atoms with Crippen LogP contribution in [0.3, 0.4) is 0 Å². The highest BCUT2D eigenvalue weighted by Gasteiger charge is 2.30. The highest BCUT2D eigenvalue weighted by Crippen LogP contribution is 2.38. The van der Waals surface area contributed by atoms with E-state index < -0.39 is 5.91 Å². The Morgan fingerprint density at radius 2 is 2.08 bits per heavy atom. The van der Waals surface area contributed by atoms with Crippen LogP contribution in [0.5, 0.6) is 17.2 Å². The summed E-state index contributed by atoms with van der Waals surface area (Å²) in [5.74, 6) is 0.800. The second-order valence-corrected chi connectivity index (χ2v) is 6.61. The van der Waals surface area contributed by atoms with E-state index in [0.717, 1.165) is 4.47 Å². The van der Waals surface area contributed by atoms with E-state index in [2.05, 4.69) is 15.9 Å². The molecule has 0 fully saturated rings. The van der Waals surface area contributed by atoms with Gasteiger partial charge < -0.3 is 19.9 Å². The van der Waals surface area contributed by atoms with Crippen molar-refractivity contribution in [2.24, 2.45) is 5.73 Å². The molecular formula is C19H16BrNO5. The number of methoxy groups -OCH3 is 1. The molecule has 0 bridgehead atoms. The van der Waals surface area contributed by atoms with Crippen molar-refractivity contribution in [2.75, 3.05) is 13.7 Å². The van der Waals surface area contributed by atoms with Crippen molar-refractivity contribution in [1.82, 2.24) is 0 Å². The molecule has 0 aromatic heterocycles. The summed E-state index contributed by atoms with van der Waals surface area (Å²) < 4.78 is 17.2. The van der Waals surface area contributed by atoms with Gasteiger partial charge in [-0.3, -0.25) is 9.59 Å². The van der Waals surface area contributed by atoms with Crippen LogP contribution in [-0.2, 0) is 4.79 Å². The molecule has 1 amide bonds. The molecule has 2 aromatic rings. The normalized spacial score (nSPS) is 14.1. The van der Waals surface area contributed by atoms with Gasteiger partial charge in [-0.1, -0.05) is 15.9 Å². The van der Waals surface area contributed by atoms with Gasteiger partial charge >= 0.3 is 0 Å². The number of carbonyl (C=O) groups excluding carboxylic acids is 2. The average molecular weight is 418 g/mol. The molecule has 1 heterocycles. The molecule has 1 aliphatic heterocycles. The number of carbonyl (C=O) groups is 2. The maximum atomic E-state index is 12.7. The Balaban J connectivity index is 1.96. The van der Waals surface area contributed by atoms with Crippen LogP contribution in [-0.4, -0.2) is 25.4 Å². The summed E-state index contributed by atoms with van der Waals surface area (Å²) in [4.78, 5) is 23.6. The van der Waals surface area contributed by atoms with Crippen LogP contribution in [0.2, 0.25) is 0 Å². The fourth-order valence-corrected chi connectivity index (χ4v) is 3.05. The lowest BCUT2D eigenvalue weighted by molar-refractivity contribution is -0.119. The van der Waals surface area contributed by atoms with E-state index in [0.29, 0.717) is 33.9 Å². The molecule has 7 heteroatoms. The third kappa shape index (κ3) is 3.57. The highest BCUT2D eigenvalue weighted by molar-refractivity contribution is 9.10. The molecule has 0 aliphatic carbocycles. The van der Waals surface area contributed by atoms with Gasteiger partial charge in [-0.05, 0) is 42.8 Å². The van der Waals surface area contributed by atoms with Crippen molar-refractivity contribution in [3.05, 3.63) is 57.3 Å². The van der Waals surface area contributed by atoms with Gasteiger partial charge in [-0.2, -0.15) is 0 Å². The van der Waals surface area contributed by atoms with Crippen LogP contribution in [0.15, 0.2) is 40.6 Å². The van der Waals surface area contributed by atoms with E-state index in [1.54, 1.807) is 38.3 Å². The van der Waals surface area contributed by atoms with Crippen molar-refractivity contribution in [2.45, 2.75) is 6.92 Å². The fraction of sp³-hybridized carbons (Fsp3) is 0.158. The van der Waals surface area contributed by atoms with Crippen LogP contribution in [0.25, 0.3) is 6.08 Å². The molecule has 3 rings (SSSR count). The molecule has 2 aromatic carbocycles. The van der Waals surface area contributed by atoms with E-state index in [1.165, 1.54) is 0 Å². The maximum Gasteiger partial charge on any atom is 0.255 e. The number of aryl methyl sites for hydroxylation is 1. The number of allylic oxidation sites excluding steroid dienone is 1. The molecule has 0 spiro atoms. The number of nitrogens with two attached hydrogens (primary N) is 1. The van der Waals surface area contributed by atoms with Gasteiger partial charge in [0.05, 0.1) is 12.7 Å². The number of Topliss-reactive ketones (excluding diaryl/α,β-unsaturated/α-hetero) is 1. The number of hydrogen-bond acceptors (Lipinski definition) is 5. The first kappa shape index (κ1) is 18.0. The third-order valence-corrected chi connectivity index (χ3v) is 4.30. The molecule has 0 saturated carbocycles. The van der Waals surface area contributed by atoms with Gasteiger partial charge in [-0.25, -0.2) is 0 Å². The second kappa shape index (κ2) is 7.21. The number of halogens is 1. The SMILES string of the molecule is COc1ccc(Br)cc1/C=C1\Oc2cc(OCC(N)=O)cc(C)c2C1=O. The summed E-state index contributed by atoms with van der Waals surface area (Å²) in [5.41, 5.74) is 6.96. The molecule has 6 nitrogen and oxygen atoms in total. The lowest BCUT2D eigenvalue weighted by atomic mass is 10.0. The van der Waals surface area contributed by atoms with E-state index in [4.69, 9.17) is 19.9 Å². The van der Waals surface area contributed by atoms with Crippen molar-refractivity contribution in [3.8, 4) is 17.2 Å². The summed E-state index contributed by atoms with van der Waals surface area (Å²) in [6.07, 6.45) is 1.63. The summed E-state index contributed by atoms with van der Waals surface area (Å²) in [6, 6.07) is 8.72. The zero-order valence-corrected chi connectivity index (χ0v) is 15.8. The van der Waals surface area contributed by atoms with Crippen molar-refractivity contribution < 1.29 is 23.8 Å². The van der Waals surface area contributed by atoms with Crippen LogP contribution >= 0.6 is 15.9 Å². The quantitative estimate of drug-likeness (QED) is 0.754. The fourth-order valence-electron chi connectivity index (χ4n) is 2.67. The predicted octanol–water partition coefficient (Wildman–Crippen LogP) is 3.25. The van der Waals surface area contributed by atoms with Gasteiger partial charge in [0.1, 0.15) is 17.2 Å². The number of ketones is 1. The van der Waals surface area contributed by atoms with Crippen LogP contribution in [0, 0.1) is 6.92 Å². The van der Waals surface area contributed by atoms with Crippen molar-refractivity contribution >= 4 is 33.7 Å². The van der Waals surface area contributed by atoms with E-state index in [1.807, 2.05) is 12.1 Å². The molecule has 0 atom stereocenters. The van der Waals surface area contributed by atoms with Gasteiger partial charge in [0.2, 0.25) is 5.78 Å². The summed E-state index contributed by atoms with van der Waals surface area (Å²) in [7, 11) is 1.56. The second-order valence-electron chi connectivity index (χ2n) is 5.69. The number of rotatable bonds is 5. The first-order chi connectivity index (χ1) is 12.4. The minimum atomic E-state index is -0.581. The van der Waals surface area contributed by atoms with Crippen LogP contribution in [0.1, 0.15) is 21.5 Å².